The SMILES string of the molecule is Cc1ccc(C(C)C)cc1.[Os+2]. The Kier molecular flexibility index (Phi) is 4.62. The molecule has 0 fully saturated rings. The summed E-state index contributed by atoms with van der Waals surface area (Å²) in [6.07, 6.45) is 0. The van der Waals surface area contributed by atoms with Crippen LogP contribution in [0, 0.1) is 6.92 Å². The minimum absolute atomic E-state index is 0. The Bertz CT molecular complexity index is 199. The first kappa shape index (κ1) is 10.9. The van der Waals surface area contributed by atoms with Crippen LogP contribution in [0.5, 0.6) is 0 Å². The van der Waals surface area contributed by atoms with Crippen molar-refractivity contribution < 1.29 is 19.8 Å². The van der Waals surface area contributed by atoms with Gasteiger partial charge in [0.2, 0.25) is 0 Å². The summed E-state index contributed by atoms with van der Waals surface area (Å²) in [6.45, 7) is 6.54. The van der Waals surface area contributed by atoms with Gasteiger partial charge in [0.1, 0.15) is 0 Å². The van der Waals surface area contributed by atoms with Crippen LogP contribution in [-0.4, -0.2) is 0 Å². The molecule has 11 heavy (non-hydrogen) atoms. The first-order chi connectivity index (χ1) is 4.70. The van der Waals surface area contributed by atoms with Gasteiger partial charge in [-0.1, -0.05) is 43.7 Å². The molecule has 0 saturated heterocycles. The van der Waals surface area contributed by atoms with Crippen molar-refractivity contribution in [2.24, 2.45) is 0 Å². The van der Waals surface area contributed by atoms with Gasteiger partial charge in [-0.3, -0.25) is 0 Å². The first-order valence-electron chi connectivity index (χ1n) is 3.76. The molecule has 1 aromatic carbocycles. The number of rotatable bonds is 1. The van der Waals surface area contributed by atoms with Crippen LogP contribution in [-0.2, 0) is 19.8 Å². The second kappa shape index (κ2) is 4.68. The summed E-state index contributed by atoms with van der Waals surface area (Å²) in [5.41, 5.74) is 2.76. The standard InChI is InChI=1S/C10H14.Os/c1-8(2)10-6-4-9(3)5-7-10;/h4-8H,1-3H3;/q;+2. The van der Waals surface area contributed by atoms with Crippen LogP contribution in [0.15, 0.2) is 24.3 Å². The summed E-state index contributed by atoms with van der Waals surface area (Å²) in [5, 5.41) is 0. The third-order valence-corrected chi connectivity index (χ3v) is 1.74. The monoisotopic (exact) mass is 326 g/mol. The predicted molar refractivity (Wildman–Crippen MR) is 45.3 cm³/mol. The topological polar surface area (TPSA) is 0 Å². The van der Waals surface area contributed by atoms with Crippen LogP contribution in [0.3, 0.4) is 0 Å². The zero-order chi connectivity index (χ0) is 7.56. The van der Waals surface area contributed by atoms with Gasteiger partial charge in [-0.05, 0) is 18.4 Å². The molecule has 0 unspecified atom stereocenters. The molecule has 0 bridgehead atoms. The summed E-state index contributed by atoms with van der Waals surface area (Å²) < 4.78 is 0. The molecule has 0 nitrogen and oxygen atoms in total. The van der Waals surface area contributed by atoms with Crippen molar-refractivity contribution >= 4 is 0 Å². The number of aryl methyl sites for hydroxylation is 1. The van der Waals surface area contributed by atoms with Crippen molar-refractivity contribution in [2.45, 2.75) is 26.7 Å². The molecule has 0 saturated carbocycles. The molecule has 1 rings (SSSR count). The fourth-order valence-corrected chi connectivity index (χ4v) is 0.951. The van der Waals surface area contributed by atoms with E-state index in [0.29, 0.717) is 5.92 Å². The molecule has 0 amide bonds. The third-order valence-electron chi connectivity index (χ3n) is 1.74. The van der Waals surface area contributed by atoms with E-state index in [9.17, 15) is 0 Å². The van der Waals surface area contributed by atoms with Gasteiger partial charge >= 0.3 is 19.8 Å². The maximum atomic E-state index is 2.21. The van der Waals surface area contributed by atoms with Crippen molar-refractivity contribution in [1.29, 1.82) is 0 Å². The molecule has 1 heteroatoms. The maximum Gasteiger partial charge on any atom is 2.00 e. The Balaban J connectivity index is 0.000001000. The second-order valence-electron chi connectivity index (χ2n) is 3.07. The summed E-state index contributed by atoms with van der Waals surface area (Å²) in [4.78, 5) is 0. The molecular formula is C10H14Os+2. The molecule has 0 aliphatic heterocycles. The fraction of sp³-hybridized carbons (Fsp3) is 0.400. The molecule has 0 aliphatic rings. The van der Waals surface area contributed by atoms with Crippen LogP contribution in [0.1, 0.15) is 30.9 Å². The third kappa shape index (κ3) is 3.17. The average molecular weight is 324 g/mol. The molecule has 0 atom stereocenters. The van der Waals surface area contributed by atoms with Crippen LogP contribution in [0.25, 0.3) is 0 Å². The van der Waals surface area contributed by atoms with Crippen LogP contribution in [0.4, 0.5) is 0 Å². The molecule has 0 radical (unpaired) electrons. The second-order valence-corrected chi connectivity index (χ2v) is 3.07. The molecule has 1 aromatic rings. The fourth-order valence-electron chi connectivity index (χ4n) is 0.951. The number of benzene rings is 1. The largest absolute Gasteiger partial charge is 2.00 e. The quantitative estimate of drug-likeness (QED) is 0.745. The van der Waals surface area contributed by atoms with Crippen molar-refractivity contribution in [2.75, 3.05) is 0 Å². The van der Waals surface area contributed by atoms with Gasteiger partial charge < -0.3 is 0 Å². The van der Waals surface area contributed by atoms with E-state index in [1.54, 1.807) is 0 Å². The minimum Gasteiger partial charge on any atom is -0.0590 e. The zero-order valence-electron chi connectivity index (χ0n) is 7.24. The van der Waals surface area contributed by atoms with Crippen LogP contribution in [0.2, 0.25) is 0 Å². The Hall–Kier alpha value is -0.144. The predicted octanol–water partition coefficient (Wildman–Crippen LogP) is 3.12. The minimum atomic E-state index is 0. The van der Waals surface area contributed by atoms with E-state index in [4.69, 9.17) is 0 Å². The molecule has 0 spiro atoms. The zero-order valence-corrected chi connectivity index (χ0v) is 9.78. The molecule has 0 N–H and O–H groups in total. The van der Waals surface area contributed by atoms with Crippen molar-refractivity contribution in [1.82, 2.24) is 0 Å². The van der Waals surface area contributed by atoms with Gasteiger partial charge in [0.25, 0.3) is 0 Å². The number of hydrogen-bond acceptors (Lipinski definition) is 0. The Labute approximate surface area is 82.1 Å². The Morgan fingerprint density at radius 3 is 1.82 bits per heavy atom. The summed E-state index contributed by atoms with van der Waals surface area (Å²) in [6, 6.07) is 8.71. The molecular weight excluding hydrogens is 310 g/mol. The van der Waals surface area contributed by atoms with Gasteiger partial charge in [0.05, 0.1) is 0 Å². The Morgan fingerprint density at radius 1 is 1.00 bits per heavy atom. The van der Waals surface area contributed by atoms with E-state index in [1.807, 2.05) is 0 Å². The summed E-state index contributed by atoms with van der Waals surface area (Å²) in [7, 11) is 0. The van der Waals surface area contributed by atoms with Crippen molar-refractivity contribution in [3.8, 4) is 0 Å². The van der Waals surface area contributed by atoms with Gasteiger partial charge in [-0.2, -0.15) is 0 Å². The van der Waals surface area contributed by atoms with E-state index in [0.717, 1.165) is 0 Å². The maximum absolute atomic E-state index is 2.21. The van der Waals surface area contributed by atoms with E-state index in [1.165, 1.54) is 11.1 Å². The van der Waals surface area contributed by atoms with Gasteiger partial charge in [0.15, 0.2) is 0 Å². The van der Waals surface area contributed by atoms with E-state index in [-0.39, 0.29) is 19.8 Å². The van der Waals surface area contributed by atoms with Gasteiger partial charge in [-0.15, -0.1) is 0 Å². The molecule has 0 heterocycles. The normalized spacial score (nSPS) is 9.45. The van der Waals surface area contributed by atoms with Gasteiger partial charge in [-0.25, -0.2) is 0 Å². The Morgan fingerprint density at radius 2 is 1.45 bits per heavy atom. The molecule has 0 aromatic heterocycles. The van der Waals surface area contributed by atoms with E-state index < -0.39 is 0 Å². The number of hydrogen-bond donors (Lipinski definition) is 0. The molecule has 0 aliphatic carbocycles. The van der Waals surface area contributed by atoms with Crippen LogP contribution >= 0.6 is 0 Å². The molecule has 60 valence electrons. The van der Waals surface area contributed by atoms with Crippen molar-refractivity contribution in [3.63, 3.8) is 0 Å². The summed E-state index contributed by atoms with van der Waals surface area (Å²) in [5.74, 6) is 0.653. The first-order valence-corrected chi connectivity index (χ1v) is 3.76. The average Bonchev–Trinajstić information content (AvgIpc) is 1.88. The smallest absolute Gasteiger partial charge is 0.0590 e. The van der Waals surface area contributed by atoms with Crippen molar-refractivity contribution in [3.05, 3.63) is 35.4 Å². The van der Waals surface area contributed by atoms with Crippen LogP contribution < -0.4 is 0 Å². The summed E-state index contributed by atoms with van der Waals surface area (Å²) >= 11 is 0. The van der Waals surface area contributed by atoms with Gasteiger partial charge in [0, 0.05) is 0 Å². The van der Waals surface area contributed by atoms with E-state index in [2.05, 4.69) is 45.0 Å². The van der Waals surface area contributed by atoms with E-state index >= 15 is 0 Å².